The summed E-state index contributed by atoms with van der Waals surface area (Å²) >= 11 is 12.3. The number of piperidine rings is 1. The number of amides is 2. The normalized spacial score (nSPS) is 14.0. The number of carbonyl (C=O) groups excluding carboxylic acids is 2. The topological polar surface area (TPSA) is 108 Å². The van der Waals surface area contributed by atoms with E-state index >= 15 is 0 Å². The molecule has 1 aromatic carbocycles. The van der Waals surface area contributed by atoms with Crippen LogP contribution in [-0.2, 0) is 0 Å². The number of nitrogens with zero attached hydrogens (tertiary/aromatic N) is 1. The lowest BCUT2D eigenvalue weighted by molar-refractivity contribution is 0.101. The van der Waals surface area contributed by atoms with E-state index in [4.69, 9.17) is 27.9 Å². The summed E-state index contributed by atoms with van der Waals surface area (Å²) in [6, 6.07) is 10.1. The number of hydrogen-bond donors (Lipinski definition) is 4. The van der Waals surface area contributed by atoms with Crippen molar-refractivity contribution in [2.45, 2.75) is 25.9 Å². The molecule has 4 rings (SSSR count). The minimum atomic E-state index is -0.462. The summed E-state index contributed by atoms with van der Waals surface area (Å²) in [4.78, 5) is 32.6. The van der Waals surface area contributed by atoms with Crippen LogP contribution in [0.2, 0.25) is 10.0 Å². The zero-order valence-electron chi connectivity index (χ0n) is 17.9. The first-order valence-electron chi connectivity index (χ1n) is 10.5. The van der Waals surface area contributed by atoms with Crippen LogP contribution in [0, 0.1) is 6.92 Å². The van der Waals surface area contributed by atoms with Gasteiger partial charge < -0.3 is 25.7 Å². The van der Waals surface area contributed by atoms with Crippen LogP contribution < -0.4 is 20.7 Å². The minimum absolute atomic E-state index is 0.0400. The lowest BCUT2D eigenvalue weighted by Gasteiger charge is -2.25. The first-order chi connectivity index (χ1) is 15.9. The van der Waals surface area contributed by atoms with Crippen molar-refractivity contribution in [1.82, 2.24) is 15.3 Å². The van der Waals surface area contributed by atoms with Crippen molar-refractivity contribution in [3.63, 3.8) is 0 Å². The van der Waals surface area contributed by atoms with E-state index < -0.39 is 5.91 Å². The molecule has 1 saturated heterocycles. The fraction of sp³-hybridized carbons (Fsp3) is 0.261. The van der Waals surface area contributed by atoms with E-state index in [1.54, 1.807) is 49.5 Å². The van der Waals surface area contributed by atoms with Gasteiger partial charge in [-0.2, -0.15) is 0 Å². The molecule has 0 aliphatic carbocycles. The van der Waals surface area contributed by atoms with Crippen molar-refractivity contribution >= 4 is 46.5 Å². The second kappa shape index (κ2) is 10.2. The number of pyridine rings is 1. The molecule has 0 atom stereocenters. The number of H-pyrrole nitrogens is 1. The fourth-order valence-electron chi connectivity index (χ4n) is 3.50. The second-order valence-electron chi connectivity index (χ2n) is 7.65. The predicted molar refractivity (Wildman–Crippen MR) is 129 cm³/mol. The van der Waals surface area contributed by atoms with Gasteiger partial charge in [0, 0.05) is 17.5 Å². The molecule has 3 heterocycles. The molecule has 0 spiro atoms. The predicted octanol–water partition coefficient (Wildman–Crippen LogP) is 4.66. The van der Waals surface area contributed by atoms with Gasteiger partial charge >= 0.3 is 0 Å². The summed E-state index contributed by atoms with van der Waals surface area (Å²) in [6.07, 6.45) is 3.19. The van der Waals surface area contributed by atoms with Crippen LogP contribution in [0.3, 0.4) is 0 Å². The zero-order valence-corrected chi connectivity index (χ0v) is 19.4. The molecule has 1 aliphatic heterocycles. The Morgan fingerprint density at radius 2 is 1.85 bits per heavy atom. The van der Waals surface area contributed by atoms with Crippen molar-refractivity contribution in [3.05, 3.63) is 69.6 Å². The molecular weight excluding hydrogens is 465 g/mol. The monoisotopic (exact) mass is 487 g/mol. The number of halogens is 2. The molecule has 0 radical (unpaired) electrons. The van der Waals surface area contributed by atoms with Crippen LogP contribution in [0.1, 0.15) is 39.4 Å². The van der Waals surface area contributed by atoms with E-state index in [-0.39, 0.29) is 22.7 Å². The number of rotatable bonds is 6. The highest BCUT2D eigenvalue weighted by molar-refractivity contribution is 6.44. The molecule has 0 unspecified atom stereocenters. The Morgan fingerprint density at radius 1 is 1.06 bits per heavy atom. The van der Waals surface area contributed by atoms with Crippen molar-refractivity contribution < 1.29 is 14.3 Å². The van der Waals surface area contributed by atoms with Gasteiger partial charge in [-0.15, -0.1) is 0 Å². The molecule has 1 fully saturated rings. The first-order valence-corrected chi connectivity index (χ1v) is 11.3. The highest BCUT2D eigenvalue weighted by atomic mass is 35.5. The highest BCUT2D eigenvalue weighted by Gasteiger charge is 2.22. The summed E-state index contributed by atoms with van der Waals surface area (Å²) in [5.41, 5.74) is 1.55. The number of anilines is 2. The molecule has 1 aliphatic rings. The number of benzene rings is 1. The molecule has 0 saturated carbocycles. The van der Waals surface area contributed by atoms with Crippen LogP contribution in [-0.4, -0.2) is 41.0 Å². The third kappa shape index (κ3) is 5.47. The van der Waals surface area contributed by atoms with Crippen molar-refractivity contribution in [2.24, 2.45) is 0 Å². The van der Waals surface area contributed by atoms with E-state index in [0.29, 0.717) is 33.5 Å². The van der Waals surface area contributed by atoms with Crippen molar-refractivity contribution in [1.29, 1.82) is 0 Å². The van der Waals surface area contributed by atoms with Gasteiger partial charge in [0.2, 0.25) is 0 Å². The molecule has 10 heteroatoms. The summed E-state index contributed by atoms with van der Waals surface area (Å²) in [6.45, 7) is 3.40. The molecular formula is C23H23Cl2N5O3. The van der Waals surface area contributed by atoms with Gasteiger partial charge in [-0.3, -0.25) is 9.59 Å². The Balaban J connectivity index is 1.60. The molecule has 8 nitrogen and oxygen atoms in total. The van der Waals surface area contributed by atoms with Gasteiger partial charge in [-0.1, -0.05) is 29.3 Å². The highest BCUT2D eigenvalue weighted by Crippen LogP contribution is 2.32. The number of aryl methyl sites for hydroxylation is 1. The Bertz CT molecular complexity index is 1160. The van der Waals surface area contributed by atoms with Gasteiger partial charge in [0.25, 0.3) is 11.8 Å². The van der Waals surface area contributed by atoms with Gasteiger partial charge in [-0.25, -0.2) is 4.98 Å². The van der Waals surface area contributed by atoms with Crippen LogP contribution in [0.5, 0.6) is 5.75 Å². The van der Waals surface area contributed by atoms with Crippen molar-refractivity contribution in [3.8, 4) is 5.75 Å². The quantitative estimate of drug-likeness (QED) is 0.404. The van der Waals surface area contributed by atoms with E-state index in [0.717, 1.165) is 25.9 Å². The third-order valence-corrected chi connectivity index (χ3v) is 6.21. The maximum atomic E-state index is 12.9. The number of carbonyl (C=O) groups is 2. The fourth-order valence-corrected chi connectivity index (χ4v) is 3.91. The van der Waals surface area contributed by atoms with Gasteiger partial charge in [-0.05, 0) is 63.2 Å². The van der Waals surface area contributed by atoms with E-state index in [1.807, 2.05) is 0 Å². The Morgan fingerprint density at radius 3 is 2.52 bits per heavy atom. The molecule has 0 bridgehead atoms. The smallest absolute Gasteiger partial charge is 0.273 e. The molecule has 4 N–H and O–H groups in total. The first kappa shape index (κ1) is 23.1. The molecule has 3 aromatic rings. The second-order valence-corrected chi connectivity index (χ2v) is 8.41. The average Bonchev–Trinajstić information content (AvgIpc) is 3.09. The number of ether oxygens (including phenoxy) is 1. The van der Waals surface area contributed by atoms with Crippen LogP contribution >= 0.6 is 23.2 Å². The largest absolute Gasteiger partial charge is 0.488 e. The molecule has 33 heavy (non-hydrogen) atoms. The summed E-state index contributed by atoms with van der Waals surface area (Å²) in [7, 11) is 0. The van der Waals surface area contributed by atoms with E-state index in [9.17, 15) is 9.59 Å². The SMILES string of the molecule is Cc1[nH]c(C(=O)Nc2ccc(C(=O)Nc3ccccn3)cc2OC2CCNCC2)c(Cl)c1Cl. The van der Waals surface area contributed by atoms with E-state index in [1.165, 1.54) is 0 Å². The van der Waals surface area contributed by atoms with Crippen LogP contribution in [0.4, 0.5) is 11.5 Å². The molecule has 2 aromatic heterocycles. The average molecular weight is 488 g/mol. The number of nitrogens with one attached hydrogen (secondary N) is 4. The van der Waals surface area contributed by atoms with Crippen molar-refractivity contribution in [2.75, 3.05) is 23.7 Å². The third-order valence-electron chi connectivity index (χ3n) is 5.26. The number of aromatic nitrogens is 2. The van der Waals surface area contributed by atoms with Crippen LogP contribution in [0.15, 0.2) is 42.6 Å². The van der Waals surface area contributed by atoms with Gasteiger partial charge in [0.05, 0.1) is 15.7 Å². The number of aromatic amines is 1. The maximum absolute atomic E-state index is 12.9. The van der Waals surface area contributed by atoms with Gasteiger partial charge in [0.15, 0.2) is 0 Å². The minimum Gasteiger partial charge on any atom is -0.488 e. The summed E-state index contributed by atoms with van der Waals surface area (Å²) in [5.74, 6) is 0.0381. The van der Waals surface area contributed by atoms with Crippen LogP contribution in [0.25, 0.3) is 0 Å². The zero-order chi connectivity index (χ0) is 23.4. The maximum Gasteiger partial charge on any atom is 0.273 e. The Kier molecular flexibility index (Phi) is 7.17. The number of hydrogen-bond acceptors (Lipinski definition) is 5. The molecule has 2 amide bonds. The Labute approximate surface area is 201 Å². The van der Waals surface area contributed by atoms with E-state index in [2.05, 4.69) is 25.9 Å². The lowest BCUT2D eigenvalue weighted by atomic mass is 10.1. The van der Waals surface area contributed by atoms with Gasteiger partial charge in [0.1, 0.15) is 23.4 Å². The standard InChI is InChI=1S/C23H23Cl2N5O3/c1-13-19(24)20(25)21(28-13)23(32)29-16-6-5-14(22(31)30-18-4-2-3-9-27-18)12-17(16)33-15-7-10-26-11-8-15/h2-6,9,12,15,26,28H,7-8,10-11H2,1H3,(H,29,32)(H,27,30,31). The summed E-state index contributed by atoms with van der Waals surface area (Å²) < 4.78 is 6.20. The Hall–Kier alpha value is -3.07. The molecule has 172 valence electrons. The lowest BCUT2D eigenvalue weighted by Crippen LogP contribution is -2.34. The summed E-state index contributed by atoms with van der Waals surface area (Å²) in [5, 5.41) is 9.31.